The monoisotopic (exact) mass is 684 g/mol. The molecule has 0 bridgehead atoms. The molecule has 2 aromatic carbocycles. The molecule has 0 fully saturated rings. The van der Waals surface area contributed by atoms with Crippen molar-refractivity contribution in [2.24, 2.45) is 0 Å². The zero-order chi connectivity index (χ0) is 34.5. The highest BCUT2D eigenvalue weighted by atomic mass is 32.2. The summed E-state index contributed by atoms with van der Waals surface area (Å²) < 4.78 is 110. The fourth-order valence-corrected chi connectivity index (χ4v) is 5.83. The van der Waals surface area contributed by atoms with Crippen LogP contribution in [0.2, 0.25) is 0 Å². The molecule has 2 aromatic heterocycles. The van der Waals surface area contributed by atoms with Gasteiger partial charge in [0, 0.05) is 39.6 Å². The number of H-pyrrole nitrogens is 1. The molecule has 1 aliphatic rings. The summed E-state index contributed by atoms with van der Waals surface area (Å²) in [5.74, 6) is -2.14. The van der Waals surface area contributed by atoms with Gasteiger partial charge in [0.1, 0.15) is 28.4 Å². The average molecular weight is 685 g/mol. The molecule has 3 atom stereocenters. The number of aliphatic hydroxyl groups is 1. The van der Waals surface area contributed by atoms with Gasteiger partial charge < -0.3 is 29.4 Å². The van der Waals surface area contributed by atoms with Crippen LogP contribution in [0.4, 0.5) is 26.3 Å². The van der Waals surface area contributed by atoms with Crippen LogP contribution < -0.4 is 19.5 Å². The van der Waals surface area contributed by atoms with Crippen molar-refractivity contribution in [3.05, 3.63) is 77.4 Å². The summed E-state index contributed by atoms with van der Waals surface area (Å²) in [7, 11) is 0. The van der Waals surface area contributed by atoms with E-state index in [1.165, 1.54) is 30.5 Å². The summed E-state index contributed by atoms with van der Waals surface area (Å²) in [4.78, 5) is 19.9. The van der Waals surface area contributed by atoms with Gasteiger partial charge in [-0.3, -0.25) is 4.79 Å². The van der Waals surface area contributed by atoms with Gasteiger partial charge in [-0.15, -0.1) is 4.72 Å². The maximum absolute atomic E-state index is 14.8. The smallest absolute Gasteiger partial charge is 0.424 e. The molecule has 9 nitrogen and oxygen atoms in total. The van der Waals surface area contributed by atoms with Crippen LogP contribution in [0.15, 0.2) is 54.7 Å². The minimum absolute atomic E-state index is 0.0289. The molecule has 1 amide bonds. The number of aromatic nitrogens is 2. The van der Waals surface area contributed by atoms with Crippen molar-refractivity contribution in [2.45, 2.75) is 56.4 Å². The lowest BCUT2D eigenvalue weighted by Gasteiger charge is -2.33. The third kappa shape index (κ3) is 6.72. The van der Waals surface area contributed by atoms with E-state index in [0.717, 1.165) is 24.3 Å². The molecule has 5 rings (SSSR count). The van der Waals surface area contributed by atoms with E-state index in [9.17, 15) is 40.8 Å². The van der Waals surface area contributed by atoms with Crippen LogP contribution in [0.5, 0.6) is 11.5 Å². The van der Waals surface area contributed by atoms with Crippen LogP contribution in [-0.4, -0.2) is 56.2 Å². The minimum Gasteiger partial charge on any atom is -0.598 e. The van der Waals surface area contributed by atoms with Gasteiger partial charge in [-0.25, -0.2) is 9.37 Å². The molecule has 0 aliphatic carbocycles. The maximum atomic E-state index is 14.8. The first-order chi connectivity index (χ1) is 21.8. The Morgan fingerprint density at radius 3 is 2.47 bits per heavy atom. The van der Waals surface area contributed by atoms with Crippen LogP contribution >= 0.6 is 0 Å². The Kier molecular flexibility index (Phi) is 8.94. The van der Waals surface area contributed by atoms with Crippen molar-refractivity contribution in [1.29, 1.82) is 0 Å². The zero-order valence-electron chi connectivity index (χ0n) is 25.4. The van der Waals surface area contributed by atoms with Gasteiger partial charge in [0.05, 0.1) is 17.8 Å². The fraction of sp³-hybridized carbons (Fsp3) is 0.355. The number of fused-ring (bicyclic) bond motifs is 2. The Balaban J connectivity index is 1.58. The van der Waals surface area contributed by atoms with E-state index >= 15 is 0 Å². The number of ether oxygens (including phenoxy) is 2. The summed E-state index contributed by atoms with van der Waals surface area (Å²) in [5.41, 5.74) is -6.18. The quantitative estimate of drug-likeness (QED) is 0.129. The SMILES string of the molecule is CC(C)(C)[S+]([O-])N[C@]1(C)COc2c1cc([C@](O)(CNC(=O)c1cc(OC(F)F)c3[nH]ccc3c1)C(F)(F)F)nc2-c1ccc(F)cc1. The molecule has 0 saturated heterocycles. The molecule has 0 spiro atoms. The highest BCUT2D eigenvalue weighted by Gasteiger charge is 2.57. The van der Waals surface area contributed by atoms with Gasteiger partial charge in [0.25, 0.3) is 5.91 Å². The van der Waals surface area contributed by atoms with Crippen LogP contribution in [0.25, 0.3) is 22.2 Å². The molecule has 1 unspecified atom stereocenters. The zero-order valence-corrected chi connectivity index (χ0v) is 26.2. The fourth-order valence-electron chi connectivity index (χ4n) is 4.94. The highest BCUT2D eigenvalue weighted by molar-refractivity contribution is 7.90. The average Bonchev–Trinajstić information content (AvgIpc) is 3.59. The van der Waals surface area contributed by atoms with Crippen molar-refractivity contribution in [3.8, 4) is 22.8 Å². The first kappa shape index (κ1) is 34.3. The van der Waals surface area contributed by atoms with Gasteiger partial charge in [-0.1, -0.05) is 0 Å². The molecule has 252 valence electrons. The lowest BCUT2D eigenvalue weighted by Crippen LogP contribution is -2.52. The Morgan fingerprint density at radius 2 is 1.85 bits per heavy atom. The second-order valence-corrected chi connectivity index (χ2v) is 14.1. The molecule has 0 saturated carbocycles. The van der Waals surface area contributed by atoms with Gasteiger partial charge in [-0.2, -0.15) is 22.0 Å². The normalized spacial score (nSPS) is 18.5. The first-order valence-electron chi connectivity index (χ1n) is 14.1. The van der Waals surface area contributed by atoms with Crippen LogP contribution in [0.1, 0.15) is 49.3 Å². The number of rotatable bonds is 9. The number of benzene rings is 2. The van der Waals surface area contributed by atoms with Crippen LogP contribution in [0.3, 0.4) is 0 Å². The molecular formula is C31H30F6N4O5S. The van der Waals surface area contributed by atoms with Crippen LogP contribution in [-0.2, 0) is 22.5 Å². The van der Waals surface area contributed by atoms with E-state index in [2.05, 4.69) is 19.4 Å². The number of alkyl halides is 5. The van der Waals surface area contributed by atoms with Crippen molar-refractivity contribution < 1.29 is 50.3 Å². The maximum Gasteiger partial charge on any atom is 0.424 e. The number of halogens is 6. The number of nitrogens with zero attached hydrogens (tertiary/aromatic N) is 1. The predicted octanol–water partition coefficient (Wildman–Crippen LogP) is 5.81. The third-order valence-corrected chi connectivity index (χ3v) is 9.31. The lowest BCUT2D eigenvalue weighted by atomic mass is 9.89. The van der Waals surface area contributed by atoms with E-state index in [0.29, 0.717) is 0 Å². The topological polar surface area (TPSA) is 132 Å². The number of hydrogen-bond acceptors (Lipinski definition) is 7. The number of hydrogen-bond donors (Lipinski definition) is 4. The first-order valence-corrected chi connectivity index (χ1v) is 15.2. The number of carbonyl (C=O) groups is 1. The van der Waals surface area contributed by atoms with Gasteiger partial charge in [-0.05, 0) is 76.2 Å². The minimum atomic E-state index is -5.42. The van der Waals surface area contributed by atoms with Crippen LogP contribution in [0, 0.1) is 5.82 Å². The summed E-state index contributed by atoms with van der Waals surface area (Å²) in [6, 6.07) is 9.26. The van der Waals surface area contributed by atoms with Crippen molar-refractivity contribution in [2.75, 3.05) is 13.2 Å². The van der Waals surface area contributed by atoms with E-state index in [4.69, 9.17) is 4.74 Å². The molecule has 4 N–H and O–H groups in total. The molecule has 4 aromatic rings. The predicted molar refractivity (Wildman–Crippen MR) is 161 cm³/mol. The van der Waals surface area contributed by atoms with E-state index < -0.39 is 69.7 Å². The standard InChI is InChI=1S/C31H30F6N4O5S/c1-28(2,3)47(44)41-29(4)15-45-25-20(29)13-22(40-24(25)16-5-7-19(32)8-6-16)30(43,31(35,36)37)14-39-26(42)18-11-17-9-10-38-23(17)21(12-18)46-27(33)34/h5-13,27,38,41,43H,14-15H2,1-4H3,(H,39,42)/t29-,30-,47?/m1/s1. The van der Waals surface area contributed by atoms with Gasteiger partial charge in [0.15, 0.2) is 11.5 Å². The number of nitrogens with one attached hydrogen (secondary N) is 3. The van der Waals surface area contributed by atoms with Gasteiger partial charge >= 0.3 is 12.8 Å². The van der Waals surface area contributed by atoms with Crippen molar-refractivity contribution in [1.82, 2.24) is 20.0 Å². The van der Waals surface area contributed by atoms with Gasteiger partial charge in [0.2, 0.25) is 5.60 Å². The molecule has 1 aliphatic heterocycles. The molecule has 0 radical (unpaired) electrons. The molecule has 16 heteroatoms. The summed E-state index contributed by atoms with van der Waals surface area (Å²) >= 11 is -1.72. The van der Waals surface area contributed by atoms with Crippen molar-refractivity contribution in [3.63, 3.8) is 0 Å². The van der Waals surface area contributed by atoms with Crippen molar-refractivity contribution >= 4 is 28.2 Å². The second kappa shape index (κ2) is 12.2. The Bertz CT molecular complexity index is 1800. The Morgan fingerprint density at radius 1 is 1.17 bits per heavy atom. The lowest BCUT2D eigenvalue weighted by molar-refractivity contribution is -0.265. The summed E-state index contributed by atoms with van der Waals surface area (Å²) in [6.45, 7) is 1.78. The van der Waals surface area contributed by atoms with E-state index in [1.54, 1.807) is 27.7 Å². The Hall–Kier alpha value is -3.99. The van der Waals surface area contributed by atoms with E-state index in [-0.39, 0.29) is 45.6 Å². The highest BCUT2D eigenvalue weighted by Crippen LogP contribution is 2.47. The summed E-state index contributed by atoms with van der Waals surface area (Å²) in [6.07, 6.45) is -4.03. The number of amides is 1. The summed E-state index contributed by atoms with van der Waals surface area (Å²) in [5, 5.41) is 13.7. The molecule has 3 heterocycles. The molecule has 47 heavy (non-hydrogen) atoms. The van der Waals surface area contributed by atoms with E-state index in [1.807, 2.05) is 5.32 Å². The second-order valence-electron chi connectivity index (χ2n) is 12.2. The largest absolute Gasteiger partial charge is 0.598 e. The number of aromatic amines is 1. The number of pyridine rings is 1. The molecular weight excluding hydrogens is 654 g/mol. The Labute approximate surface area is 268 Å². The third-order valence-electron chi connectivity index (χ3n) is 7.56. The number of carbonyl (C=O) groups excluding carboxylic acids is 1.